The first kappa shape index (κ1) is 16.0. The normalized spacial score (nSPS) is 11.9. The minimum absolute atomic E-state index is 0.0148. The predicted octanol–water partition coefficient (Wildman–Crippen LogP) is 2.83. The molecular weight excluding hydrogens is 278 g/mol. The Hall–Kier alpha value is -2.33. The number of aryl methyl sites for hydroxylation is 1. The summed E-state index contributed by atoms with van der Waals surface area (Å²) < 4.78 is 5.19. The van der Waals surface area contributed by atoms with Crippen LogP contribution in [0.1, 0.15) is 23.6 Å². The quantitative estimate of drug-likeness (QED) is 0.826. The molecule has 116 valence electrons. The van der Waals surface area contributed by atoms with Crippen LogP contribution in [0.4, 0.5) is 0 Å². The third-order valence-electron chi connectivity index (χ3n) is 3.45. The Kier molecular flexibility index (Phi) is 5.98. The molecule has 2 aromatic rings. The van der Waals surface area contributed by atoms with Crippen LogP contribution in [-0.4, -0.2) is 24.7 Å². The van der Waals surface area contributed by atoms with E-state index < -0.39 is 0 Å². The van der Waals surface area contributed by atoms with Gasteiger partial charge in [-0.1, -0.05) is 42.5 Å². The van der Waals surface area contributed by atoms with Gasteiger partial charge in [0.15, 0.2) is 0 Å². The molecule has 1 atom stereocenters. The molecule has 4 nitrogen and oxygen atoms in total. The van der Waals surface area contributed by atoms with Crippen LogP contribution in [0.2, 0.25) is 0 Å². The number of aromatic hydroxyl groups is 1. The van der Waals surface area contributed by atoms with Crippen molar-refractivity contribution in [2.24, 2.45) is 0 Å². The molecule has 0 spiro atoms. The number of methoxy groups -OCH3 is 1. The topological polar surface area (TPSA) is 58.6 Å². The Labute approximate surface area is 130 Å². The molecule has 0 saturated heterocycles. The molecule has 1 amide bonds. The molecule has 1 unspecified atom stereocenters. The Bertz CT molecular complexity index is 581. The molecule has 0 saturated carbocycles. The Morgan fingerprint density at radius 2 is 1.82 bits per heavy atom. The van der Waals surface area contributed by atoms with Crippen LogP contribution >= 0.6 is 0 Å². The van der Waals surface area contributed by atoms with Gasteiger partial charge in [-0.05, 0) is 29.7 Å². The second-order valence-electron chi connectivity index (χ2n) is 5.15. The van der Waals surface area contributed by atoms with Crippen molar-refractivity contribution in [1.82, 2.24) is 5.32 Å². The molecule has 0 aromatic heterocycles. The number of hydrogen-bond donors (Lipinski definition) is 2. The van der Waals surface area contributed by atoms with Gasteiger partial charge in [-0.2, -0.15) is 0 Å². The maximum Gasteiger partial charge on any atom is 0.220 e. The van der Waals surface area contributed by atoms with Crippen molar-refractivity contribution in [1.29, 1.82) is 0 Å². The zero-order chi connectivity index (χ0) is 15.8. The number of carbonyl (C=O) groups is 1. The van der Waals surface area contributed by atoms with E-state index in [9.17, 15) is 9.90 Å². The largest absolute Gasteiger partial charge is 0.508 e. The third-order valence-corrected chi connectivity index (χ3v) is 3.45. The fourth-order valence-electron chi connectivity index (χ4n) is 2.26. The molecule has 22 heavy (non-hydrogen) atoms. The third kappa shape index (κ3) is 4.90. The second-order valence-corrected chi connectivity index (χ2v) is 5.15. The SMILES string of the molecule is COCC(NC(=O)CCc1ccc(O)cc1)c1ccccc1. The summed E-state index contributed by atoms with van der Waals surface area (Å²) in [6, 6.07) is 16.6. The van der Waals surface area contributed by atoms with Crippen LogP contribution in [0.5, 0.6) is 5.75 Å². The monoisotopic (exact) mass is 299 g/mol. The zero-order valence-corrected chi connectivity index (χ0v) is 12.7. The van der Waals surface area contributed by atoms with Crippen molar-refractivity contribution in [2.75, 3.05) is 13.7 Å². The van der Waals surface area contributed by atoms with E-state index in [0.717, 1.165) is 11.1 Å². The number of amides is 1. The van der Waals surface area contributed by atoms with E-state index in [1.807, 2.05) is 42.5 Å². The van der Waals surface area contributed by atoms with E-state index in [1.54, 1.807) is 19.2 Å². The highest BCUT2D eigenvalue weighted by atomic mass is 16.5. The molecule has 2 rings (SSSR count). The fraction of sp³-hybridized carbons (Fsp3) is 0.278. The lowest BCUT2D eigenvalue weighted by Crippen LogP contribution is -2.31. The van der Waals surface area contributed by atoms with Gasteiger partial charge in [0.1, 0.15) is 5.75 Å². The van der Waals surface area contributed by atoms with Gasteiger partial charge in [0.2, 0.25) is 5.91 Å². The summed E-state index contributed by atoms with van der Waals surface area (Å²) in [5.74, 6) is 0.219. The van der Waals surface area contributed by atoms with Gasteiger partial charge in [-0.3, -0.25) is 4.79 Å². The van der Waals surface area contributed by atoms with E-state index >= 15 is 0 Å². The van der Waals surface area contributed by atoms with E-state index in [-0.39, 0.29) is 17.7 Å². The number of phenols is 1. The number of carbonyl (C=O) groups excluding carboxylic acids is 1. The first-order chi connectivity index (χ1) is 10.7. The summed E-state index contributed by atoms with van der Waals surface area (Å²) in [7, 11) is 1.62. The lowest BCUT2D eigenvalue weighted by Gasteiger charge is -2.18. The minimum Gasteiger partial charge on any atom is -0.508 e. The van der Waals surface area contributed by atoms with Gasteiger partial charge in [0, 0.05) is 13.5 Å². The summed E-state index contributed by atoms with van der Waals surface area (Å²) in [5, 5.41) is 12.2. The van der Waals surface area contributed by atoms with Crippen molar-refractivity contribution in [3.63, 3.8) is 0 Å². The molecule has 0 aliphatic carbocycles. The lowest BCUT2D eigenvalue weighted by molar-refractivity contribution is -0.122. The molecule has 0 bridgehead atoms. The first-order valence-corrected chi connectivity index (χ1v) is 7.30. The molecule has 0 fully saturated rings. The molecular formula is C18H21NO3. The number of nitrogens with one attached hydrogen (secondary N) is 1. The van der Waals surface area contributed by atoms with Gasteiger partial charge < -0.3 is 15.2 Å². The molecule has 0 aliphatic rings. The molecule has 0 radical (unpaired) electrons. The predicted molar refractivity (Wildman–Crippen MR) is 85.6 cm³/mol. The summed E-state index contributed by atoms with van der Waals surface area (Å²) in [6.07, 6.45) is 1.04. The van der Waals surface area contributed by atoms with E-state index in [0.29, 0.717) is 19.4 Å². The summed E-state index contributed by atoms with van der Waals surface area (Å²) >= 11 is 0. The van der Waals surface area contributed by atoms with Crippen LogP contribution in [0, 0.1) is 0 Å². The van der Waals surface area contributed by atoms with E-state index in [4.69, 9.17) is 4.74 Å². The number of benzene rings is 2. The smallest absolute Gasteiger partial charge is 0.220 e. The van der Waals surface area contributed by atoms with Crippen LogP contribution in [0.3, 0.4) is 0 Å². The average Bonchev–Trinajstić information content (AvgIpc) is 2.55. The average molecular weight is 299 g/mol. The molecule has 0 aliphatic heterocycles. The highest BCUT2D eigenvalue weighted by Crippen LogP contribution is 2.14. The van der Waals surface area contributed by atoms with Gasteiger partial charge >= 0.3 is 0 Å². The van der Waals surface area contributed by atoms with Crippen molar-refractivity contribution in [2.45, 2.75) is 18.9 Å². The number of ether oxygens (including phenoxy) is 1. The van der Waals surface area contributed by atoms with Gasteiger partial charge in [0.25, 0.3) is 0 Å². The number of rotatable bonds is 7. The zero-order valence-electron chi connectivity index (χ0n) is 12.7. The Balaban J connectivity index is 1.89. The first-order valence-electron chi connectivity index (χ1n) is 7.30. The van der Waals surface area contributed by atoms with Crippen molar-refractivity contribution >= 4 is 5.91 Å². The maximum atomic E-state index is 12.1. The Morgan fingerprint density at radius 1 is 1.14 bits per heavy atom. The highest BCUT2D eigenvalue weighted by molar-refractivity contribution is 5.76. The maximum absolute atomic E-state index is 12.1. The standard InChI is InChI=1S/C18H21NO3/c1-22-13-17(15-5-3-2-4-6-15)19-18(21)12-9-14-7-10-16(20)11-8-14/h2-8,10-11,17,20H,9,12-13H2,1H3,(H,19,21). The highest BCUT2D eigenvalue weighted by Gasteiger charge is 2.14. The van der Waals surface area contributed by atoms with Crippen molar-refractivity contribution < 1.29 is 14.6 Å². The molecule has 2 aromatic carbocycles. The summed E-state index contributed by atoms with van der Waals surface area (Å²) in [4.78, 5) is 12.1. The number of hydrogen-bond acceptors (Lipinski definition) is 3. The lowest BCUT2D eigenvalue weighted by atomic mass is 10.1. The van der Waals surface area contributed by atoms with Crippen LogP contribution < -0.4 is 5.32 Å². The van der Waals surface area contributed by atoms with Crippen LogP contribution in [0.25, 0.3) is 0 Å². The fourth-order valence-corrected chi connectivity index (χ4v) is 2.26. The second kappa shape index (κ2) is 8.20. The van der Waals surface area contributed by atoms with Crippen LogP contribution in [-0.2, 0) is 16.0 Å². The molecule has 4 heteroatoms. The van der Waals surface area contributed by atoms with Crippen LogP contribution in [0.15, 0.2) is 54.6 Å². The van der Waals surface area contributed by atoms with Gasteiger partial charge in [-0.25, -0.2) is 0 Å². The van der Waals surface area contributed by atoms with E-state index in [1.165, 1.54) is 0 Å². The molecule has 0 heterocycles. The summed E-state index contributed by atoms with van der Waals surface area (Å²) in [5.41, 5.74) is 2.05. The minimum atomic E-state index is -0.140. The van der Waals surface area contributed by atoms with Crippen molar-refractivity contribution in [3.05, 3.63) is 65.7 Å². The number of phenolic OH excluding ortho intramolecular Hbond substituents is 1. The van der Waals surface area contributed by atoms with E-state index in [2.05, 4.69) is 5.32 Å². The summed E-state index contributed by atoms with van der Waals surface area (Å²) in [6.45, 7) is 0.439. The molecule has 2 N–H and O–H groups in total. The van der Waals surface area contributed by atoms with Gasteiger partial charge in [0.05, 0.1) is 12.6 Å². The van der Waals surface area contributed by atoms with Crippen molar-refractivity contribution in [3.8, 4) is 5.75 Å². The Morgan fingerprint density at radius 3 is 2.45 bits per heavy atom. The van der Waals surface area contributed by atoms with Gasteiger partial charge in [-0.15, -0.1) is 0 Å².